The predicted octanol–water partition coefficient (Wildman–Crippen LogP) is 5.41. The van der Waals surface area contributed by atoms with Gasteiger partial charge in [-0.3, -0.25) is 0 Å². The molecule has 2 aromatic rings. The second-order valence-electron chi connectivity index (χ2n) is 5.76. The molecular weight excluding hydrogens is 329 g/mol. The van der Waals surface area contributed by atoms with Gasteiger partial charge in [0.2, 0.25) is 0 Å². The normalized spacial score (nSPS) is 26.1. The zero-order valence-electron chi connectivity index (χ0n) is 11.4. The van der Waals surface area contributed by atoms with Crippen molar-refractivity contribution in [1.82, 2.24) is 0 Å². The summed E-state index contributed by atoms with van der Waals surface area (Å²) < 4.78 is 14.7. The van der Waals surface area contributed by atoms with Crippen molar-refractivity contribution in [3.8, 4) is 0 Å². The lowest BCUT2D eigenvalue weighted by Gasteiger charge is -2.37. The number of hydrogen-bond donors (Lipinski definition) is 1. The topological polar surface area (TPSA) is 12.0 Å². The Morgan fingerprint density at radius 3 is 2.90 bits per heavy atom. The molecule has 3 atom stereocenters. The summed E-state index contributed by atoms with van der Waals surface area (Å²) in [6.45, 7) is 0. The number of halogens is 2. The van der Waals surface area contributed by atoms with E-state index in [1.54, 1.807) is 12.1 Å². The van der Waals surface area contributed by atoms with E-state index < -0.39 is 0 Å². The number of hydrogen-bond acceptors (Lipinski definition) is 1. The van der Waals surface area contributed by atoms with Gasteiger partial charge in [-0.2, -0.15) is 0 Å². The van der Waals surface area contributed by atoms with Crippen molar-refractivity contribution in [3.63, 3.8) is 0 Å². The van der Waals surface area contributed by atoms with Gasteiger partial charge in [0, 0.05) is 16.1 Å². The summed E-state index contributed by atoms with van der Waals surface area (Å²) in [6.07, 6.45) is 5.58. The van der Waals surface area contributed by atoms with Gasteiger partial charge in [0.15, 0.2) is 0 Å². The lowest BCUT2D eigenvalue weighted by atomic mass is 9.77. The number of fused-ring (bicyclic) bond motifs is 3. The summed E-state index contributed by atoms with van der Waals surface area (Å²) in [5, 5.41) is 3.61. The highest BCUT2D eigenvalue weighted by Gasteiger charge is 2.37. The van der Waals surface area contributed by atoms with Crippen LogP contribution in [0.25, 0.3) is 0 Å². The Kier molecular flexibility index (Phi) is 3.11. The summed E-state index contributed by atoms with van der Waals surface area (Å²) in [6, 6.07) is 13.5. The third-order valence-corrected chi connectivity index (χ3v) is 5.03. The molecule has 0 amide bonds. The van der Waals surface area contributed by atoms with E-state index in [2.05, 4.69) is 45.5 Å². The monoisotopic (exact) mass is 343 g/mol. The van der Waals surface area contributed by atoms with Gasteiger partial charge in [-0.05, 0) is 53.8 Å². The standard InChI is InChI=1S/C18H15BrFN/c19-12-7-8-17-16(10-12)14-5-2-6-15(14)18(21-17)11-3-1-4-13(20)9-11/h1-5,7-10,14-15,18,21H,6H2/t14-,15+,18-/m0/s1. The maximum atomic E-state index is 13.6. The fourth-order valence-corrected chi connectivity index (χ4v) is 3.97. The van der Waals surface area contributed by atoms with Gasteiger partial charge in [-0.15, -0.1) is 0 Å². The summed E-state index contributed by atoms with van der Waals surface area (Å²) in [5.41, 5.74) is 3.51. The van der Waals surface area contributed by atoms with Gasteiger partial charge in [0.05, 0.1) is 6.04 Å². The van der Waals surface area contributed by atoms with Crippen molar-refractivity contribution in [2.75, 3.05) is 5.32 Å². The zero-order chi connectivity index (χ0) is 14.4. The first-order valence-corrected chi connectivity index (χ1v) is 8.00. The highest BCUT2D eigenvalue weighted by Crippen LogP contribution is 2.50. The van der Waals surface area contributed by atoms with Crippen LogP contribution >= 0.6 is 15.9 Å². The molecule has 1 nitrogen and oxygen atoms in total. The van der Waals surface area contributed by atoms with Crippen molar-refractivity contribution < 1.29 is 4.39 Å². The van der Waals surface area contributed by atoms with Crippen LogP contribution in [0.1, 0.15) is 29.5 Å². The summed E-state index contributed by atoms with van der Waals surface area (Å²) in [5.74, 6) is 0.694. The summed E-state index contributed by atoms with van der Waals surface area (Å²) in [4.78, 5) is 0. The first kappa shape index (κ1) is 13.1. The van der Waals surface area contributed by atoms with E-state index in [0.717, 1.165) is 22.1 Å². The van der Waals surface area contributed by atoms with Crippen LogP contribution in [0.15, 0.2) is 59.1 Å². The minimum absolute atomic E-state index is 0.161. The average molecular weight is 344 g/mol. The van der Waals surface area contributed by atoms with Crippen LogP contribution in [0.3, 0.4) is 0 Å². The maximum Gasteiger partial charge on any atom is 0.123 e. The molecular formula is C18H15BrFN. The van der Waals surface area contributed by atoms with Crippen LogP contribution in [0.2, 0.25) is 0 Å². The Hall–Kier alpha value is -1.61. The lowest BCUT2D eigenvalue weighted by Crippen LogP contribution is -2.29. The van der Waals surface area contributed by atoms with E-state index in [9.17, 15) is 4.39 Å². The molecule has 0 aromatic heterocycles. The molecule has 2 aliphatic rings. The van der Waals surface area contributed by atoms with Crippen molar-refractivity contribution in [3.05, 3.63) is 76.0 Å². The van der Waals surface area contributed by atoms with Crippen LogP contribution in [0.4, 0.5) is 10.1 Å². The van der Waals surface area contributed by atoms with E-state index in [1.807, 2.05) is 12.1 Å². The molecule has 1 aliphatic heterocycles. The molecule has 0 unspecified atom stereocenters. The van der Waals surface area contributed by atoms with Crippen molar-refractivity contribution >= 4 is 21.6 Å². The van der Waals surface area contributed by atoms with E-state index in [1.165, 1.54) is 11.6 Å². The molecule has 1 heterocycles. The number of benzene rings is 2. The molecule has 0 saturated heterocycles. The molecule has 0 fully saturated rings. The second kappa shape index (κ2) is 4.99. The van der Waals surface area contributed by atoms with Gasteiger partial charge >= 0.3 is 0 Å². The van der Waals surface area contributed by atoms with Crippen molar-refractivity contribution in [2.24, 2.45) is 5.92 Å². The van der Waals surface area contributed by atoms with Gasteiger partial charge in [0.1, 0.15) is 5.82 Å². The summed E-state index contributed by atoms with van der Waals surface area (Å²) >= 11 is 3.56. The first-order chi connectivity index (χ1) is 10.2. The van der Waals surface area contributed by atoms with Crippen LogP contribution in [0, 0.1) is 11.7 Å². The molecule has 0 bridgehead atoms. The minimum Gasteiger partial charge on any atom is -0.378 e. The fraction of sp³-hybridized carbons (Fsp3) is 0.222. The molecule has 106 valence electrons. The smallest absolute Gasteiger partial charge is 0.123 e. The van der Waals surface area contributed by atoms with Crippen LogP contribution in [-0.2, 0) is 0 Å². The van der Waals surface area contributed by atoms with Gasteiger partial charge in [-0.1, -0.05) is 40.2 Å². The molecule has 0 spiro atoms. The largest absolute Gasteiger partial charge is 0.378 e. The van der Waals surface area contributed by atoms with Crippen LogP contribution < -0.4 is 5.32 Å². The molecule has 3 heteroatoms. The quantitative estimate of drug-likeness (QED) is 0.682. The number of anilines is 1. The molecule has 1 aliphatic carbocycles. The minimum atomic E-state index is -0.168. The Labute approximate surface area is 132 Å². The molecule has 0 radical (unpaired) electrons. The third-order valence-electron chi connectivity index (χ3n) is 4.53. The lowest BCUT2D eigenvalue weighted by molar-refractivity contribution is 0.424. The molecule has 21 heavy (non-hydrogen) atoms. The van der Waals surface area contributed by atoms with Crippen molar-refractivity contribution in [1.29, 1.82) is 0 Å². The van der Waals surface area contributed by atoms with Gasteiger partial charge < -0.3 is 5.32 Å². The van der Waals surface area contributed by atoms with E-state index in [4.69, 9.17) is 0 Å². The molecule has 4 rings (SSSR count). The number of rotatable bonds is 1. The Morgan fingerprint density at radius 2 is 2.05 bits per heavy atom. The first-order valence-electron chi connectivity index (χ1n) is 7.20. The van der Waals surface area contributed by atoms with Gasteiger partial charge in [0.25, 0.3) is 0 Å². The van der Waals surface area contributed by atoms with E-state index >= 15 is 0 Å². The average Bonchev–Trinajstić information content (AvgIpc) is 2.96. The second-order valence-corrected chi connectivity index (χ2v) is 6.68. The van der Waals surface area contributed by atoms with Crippen LogP contribution in [0.5, 0.6) is 0 Å². The molecule has 2 aromatic carbocycles. The number of nitrogens with one attached hydrogen (secondary N) is 1. The Morgan fingerprint density at radius 1 is 1.14 bits per heavy atom. The Bertz CT molecular complexity index is 725. The summed E-state index contributed by atoms with van der Waals surface area (Å²) in [7, 11) is 0. The maximum absolute atomic E-state index is 13.6. The zero-order valence-corrected chi connectivity index (χ0v) is 13.0. The number of allylic oxidation sites excluding steroid dienone is 2. The Balaban J connectivity index is 1.80. The van der Waals surface area contributed by atoms with Crippen LogP contribution in [-0.4, -0.2) is 0 Å². The fourth-order valence-electron chi connectivity index (χ4n) is 3.60. The van der Waals surface area contributed by atoms with Crippen molar-refractivity contribution in [2.45, 2.75) is 18.4 Å². The molecule has 1 N–H and O–H groups in total. The van der Waals surface area contributed by atoms with Gasteiger partial charge in [-0.25, -0.2) is 4.39 Å². The predicted molar refractivity (Wildman–Crippen MR) is 86.9 cm³/mol. The highest BCUT2D eigenvalue weighted by atomic mass is 79.9. The highest BCUT2D eigenvalue weighted by molar-refractivity contribution is 9.10. The SMILES string of the molecule is Fc1cccc([C@@H]2Nc3ccc(Br)cc3[C@H]3C=CC[C@H]32)c1. The van der Waals surface area contributed by atoms with E-state index in [0.29, 0.717) is 11.8 Å². The molecule has 0 saturated carbocycles. The third kappa shape index (κ3) is 2.20. The van der Waals surface area contributed by atoms with E-state index in [-0.39, 0.29) is 11.9 Å².